The number of nitrogens with two attached hydrogens (primary N) is 2. The monoisotopic (exact) mass is 367 g/mol. The van der Waals surface area contributed by atoms with Gasteiger partial charge in [0, 0.05) is 18.4 Å². The van der Waals surface area contributed by atoms with Gasteiger partial charge in [-0.2, -0.15) is 5.10 Å². The smallest absolute Gasteiger partial charge is 0.252 e. The lowest BCUT2D eigenvalue weighted by molar-refractivity contribution is -0.121. The standard InChI is InChI=1S/C19H18FN5O2/c20-13-3-1-2-11(6-13)16-7-12(18(21)26)10-24(16)14-4-5-25-17(8-14)15(9-23-25)19(22)27/h1-6,8-9,12,16H,7,10H2,(H2,21,26)(H2,22,27). The van der Waals surface area contributed by atoms with E-state index in [0.717, 1.165) is 11.3 Å². The van der Waals surface area contributed by atoms with Gasteiger partial charge in [0.15, 0.2) is 0 Å². The van der Waals surface area contributed by atoms with Crippen molar-refractivity contribution in [1.82, 2.24) is 9.61 Å². The highest BCUT2D eigenvalue weighted by Crippen LogP contribution is 2.39. The van der Waals surface area contributed by atoms with E-state index in [0.29, 0.717) is 24.0 Å². The first-order valence-electron chi connectivity index (χ1n) is 8.52. The molecular formula is C19H18FN5O2. The normalized spacial score (nSPS) is 19.5. The molecule has 2 amide bonds. The van der Waals surface area contributed by atoms with E-state index in [2.05, 4.69) is 5.10 Å². The highest BCUT2D eigenvalue weighted by molar-refractivity contribution is 6.00. The van der Waals surface area contributed by atoms with Gasteiger partial charge in [-0.05, 0) is 36.2 Å². The molecule has 1 saturated heterocycles. The second-order valence-electron chi connectivity index (χ2n) is 6.70. The van der Waals surface area contributed by atoms with Crippen molar-refractivity contribution in [3.05, 3.63) is 65.7 Å². The maximum Gasteiger partial charge on any atom is 0.252 e. The van der Waals surface area contributed by atoms with Gasteiger partial charge in [0.2, 0.25) is 5.91 Å². The quantitative estimate of drug-likeness (QED) is 0.731. The summed E-state index contributed by atoms with van der Waals surface area (Å²) in [6, 6.07) is 9.74. The van der Waals surface area contributed by atoms with Crippen molar-refractivity contribution in [2.45, 2.75) is 12.5 Å². The number of aromatic nitrogens is 2. The minimum Gasteiger partial charge on any atom is -0.369 e. The maximum atomic E-state index is 13.7. The van der Waals surface area contributed by atoms with Crippen LogP contribution < -0.4 is 16.4 Å². The molecule has 1 aliphatic rings. The van der Waals surface area contributed by atoms with Crippen LogP contribution in [0.25, 0.3) is 5.52 Å². The largest absolute Gasteiger partial charge is 0.369 e. The number of amides is 2. The summed E-state index contributed by atoms with van der Waals surface area (Å²) in [7, 11) is 0. The summed E-state index contributed by atoms with van der Waals surface area (Å²) in [4.78, 5) is 25.4. The van der Waals surface area contributed by atoms with Crippen LogP contribution >= 0.6 is 0 Å². The van der Waals surface area contributed by atoms with Crippen LogP contribution in [-0.2, 0) is 4.79 Å². The minimum absolute atomic E-state index is 0.208. The zero-order valence-electron chi connectivity index (χ0n) is 14.4. The van der Waals surface area contributed by atoms with Gasteiger partial charge < -0.3 is 16.4 Å². The molecule has 8 heteroatoms. The number of halogens is 1. The molecule has 1 aromatic carbocycles. The third-order valence-corrected chi connectivity index (χ3v) is 5.04. The Morgan fingerprint density at radius 3 is 2.70 bits per heavy atom. The number of fused-ring (bicyclic) bond motifs is 1. The molecule has 7 nitrogen and oxygen atoms in total. The topological polar surface area (TPSA) is 107 Å². The van der Waals surface area contributed by atoms with Crippen LogP contribution in [0.5, 0.6) is 0 Å². The highest BCUT2D eigenvalue weighted by atomic mass is 19.1. The molecule has 2 aromatic heterocycles. The van der Waals surface area contributed by atoms with Crippen molar-refractivity contribution < 1.29 is 14.0 Å². The Morgan fingerprint density at radius 2 is 2.00 bits per heavy atom. The van der Waals surface area contributed by atoms with Crippen molar-refractivity contribution in [2.75, 3.05) is 11.4 Å². The number of pyridine rings is 1. The average Bonchev–Trinajstić information content (AvgIpc) is 3.25. The molecule has 0 spiro atoms. The van der Waals surface area contributed by atoms with Crippen LogP contribution in [0, 0.1) is 11.7 Å². The first kappa shape index (κ1) is 17.0. The third-order valence-electron chi connectivity index (χ3n) is 5.04. The van der Waals surface area contributed by atoms with E-state index in [4.69, 9.17) is 11.5 Å². The molecule has 0 bridgehead atoms. The van der Waals surface area contributed by atoms with E-state index < -0.39 is 5.91 Å². The van der Waals surface area contributed by atoms with Crippen molar-refractivity contribution in [2.24, 2.45) is 17.4 Å². The van der Waals surface area contributed by atoms with Crippen molar-refractivity contribution in [1.29, 1.82) is 0 Å². The molecule has 4 rings (SSSR count). The van der Waals surface area contributed by atoms with E-state index in [1.165, 1.54) is 18.3 Å². The molecule has 4 N–H and O–H groups in total. The predicted molar refractivity (Wildman–Crippen MR) is 97.5 cm³/mol. The van der Waals surface area contributed by atoms with Crippen LogP contribution in [-0.4, -0.2) is 28.0 Å². The lowest BCUT2D eigenvalue weighted by atomic mass is 9.99. The Hall–Kier alpha value is -3.42. The third kappa shape index (κ3) is 2.99. The zero-order chi connectivity index (χ0) is 19.1. The zero-order valence-corrected chi connectivity index (χ0v) is 14.4. The summed E-state index contributed by atoms with van der Waals surface area (Å²) in [6.45, 7) is 0.409. The molecule has 1 fully saturated rings. The maximum absolute atomic E-state index is 13.7. The molecular weight excluding hydrogens is 349 g/mol. The molecule has 2 unspecified atom stereocenters. The van der Waals surface area contributed by atoms with E-state index >= 15 is 0 Å². The molecule has 0 aliphatic carbocycles. The second kappa shape index (κ2) is 6.39. The number of carbonyl (C=O) groups excluding carboxylic acids is 2. The molecule has 0 saturated carbocycles. The van der Waals surface area contributed by atoms with Crippen LogP contribution in [0.3, 0.4) is 0 Å². The molecule has 1 aliphatic heterocycles. The number of rotatable bonds is 4. The number of hydrogen-bond donors (Lipinski definition) is 2. The Bertz CT molecular complexity index is 1050. The van der Waals surface area contributed by atoms with Crippen LogP contribution in [0.4, 0.5) is 10.1 Å². The minimum atomic E-state index is -0.569. The van der Waals surface area contributed by atoms with E-state index in [1.807, 2.05) is 17.0 Å². The lowest BCUT2D eigenvalue weighted by Crippen LogP contribution is -2.28. The van der Waals surface area contributed by atoms with Gasteiger partial charge in [0.25, 0.3) is 5.91 Å². The Labute approximate surface area is 154 Å². The molecule has 2 atom stereocenters. The molecule has 3 aromatic rings. The number of anilines is 1. The van der Waals surface area contributed by atoms with E-state index in [1.54, 1.807) is 22.8 Å². The summed E-state index contributed by atoms with van der Waals surface area (Å²) < 4.78 is 15.3. The van der Waals surface area contributed by atoms with Crippen molar-refractivity contribution in [3.8, 4) is 0 Å². The van der Waals surface area contributed by atoms with E-state index in [-0.39, 0.29) is 23.7 Å². The Morgan fingerprint density at radius 1 is 1.19 bits per heavy atom. The first-order chi connectivity index (χ1) is 12.9. The summed E-state index contributed by atoms with van der Waals surface area (Å²) in [5.74, 6) is -1.64. The fraction of sp³-hybridized carbons (Fsp3) is 0.211. The van der Waals surface area contributed by atoms with E-state index in [9.17, 15) is 14.0 Å². The van der Waals surface area contributed by atoms with Gasteiger partial charge in [-0.3, -0.25) is 9.59 Å². The van der Waals surface area contributed by atoms with Crippen molar-refractivity contribution >= 4 is 23.0 Å². The van der Waals surface area contributed by atoms with Crippen LogP contribution in [0.2, 0.25) is 0 Å². The number of hydrogen-bond acceptors (Lipinski definition) is 4. The average molecular weight is 367 g/mol. The summed E-state index contributed by atoms with van der Waals surface area (Å²) in [6.07, 6.45) is 3.63. The van der Waals surface area contributed by atoms with Gasteiger partial charge in [-0.15, -0.1) is 0 Å². The van der Waals surface area contributed by atoms with Gasteiger partial charge in [0.05, 0.1) is 29.2 Å². The van der Waals surface area contributed by atoms with Gasteiger partial charge in [-0.1, -0.05) is 12.1 Å². The van der Waals surface area contributed by atoms with Crippen LogP contribution in [0.15, 0.2) is 48.8 Å². The number of benzene rings is 1. The Kier molecular flexibility index (Phi) is 4.02. The van der Waals surface area contributed by atoms with Crippen molar-refractivity contribution in [3.63, 3.8) is 0 Å². The summed E-state index contributed by atoms with van der Waals surface area (Å²) in [5.41, 5.74) is 13.4. The predicted octanol–water partition coefficient (Wildman–Crippen LogP) is 1.63. The number of carbonyl (C=O) groups is 2. The SMILES string of the molecule is NC(=O)c1cnn2ccc(N3CC(C(N)=O)CC3c3cccc(F)c3)cc12. The van der Waals surface area contributed by atoms with Crippen LogP contribution in [0.1, 0.15) is 28.4 Å². The molecule has 138 valence electrons. The number of nitrogens with zero attached hydrogens (tertiary/aromatic N) is 3. The second-order valence-corrected chi connectivity index (χ2v) is 6.70. The lowest BCUT2D eigenvalue weighted by Gasteiger charge is -2.27. The first-order valence-corrected chi connectivity index (χ1v) is 8.52. The molecule has 27 heavy (non-hydrogen) atoms. The molecule has 3 heterocycles. The van der Waals surface area contributed by atoms with Gasteiger partial charge in [0.1, 0.15) is 5.82 Å². The van der Waals surface area contributed by atoms with Gasteiger partial charge in [-0.25, -0.2) is 8.91 Å². The fourth-order valence-corrected chi connectivity index (χ4v) is 3.70. The Balaban J connectivity index is 1.79. The van der Waals surface area contributed by atoms with Gasteiger partial charge >= 0.3 is 0 Å². The molecule has 0 radical (unpaired) electrons. The highest BCUT2D eigenvalue weighted by Gasteiger charge is 2.36. The number of primary amides is 2. The fourth-order valence-electron chi connectivity index (χ4n) is 3.70. The summed E-state index contributed by atoms with van der Waals surface area (Å²) >= 11 is 0. The summed E-state index contributed by atoms with van der Waals surface area (Å²) in [5, 5.41) is 4.11.